The summed E-state index contributed by atoms with van der Waals surface area (Å²) < 4.78 is 6.63. The molecule has 0 bridgehead atoms. The summed E-state index contributed by atoms with van der Waals surface area (Å²) in [5, 5.41) is 4.05. The van der Waals surface area contributed by atoms with Crippen LogP contribution in [0.5, 0.6) is 5.75 Å². The van der Waals surface area contributed by atoms with Crippen molar-refractivity contribution >= 4 is 40.1 Å². The maximum atomic E-state index is 11.9. The zero-order chi connectivity index (χ0) is 16.1. The summed E-state index contributed by atoms with van der Waals surface area (Å²) in [6.07, 6.45) is 4.95. The average molecular weight is 349 g/mol. The number of hydrazone groups is 1. The number of carbonyl (C=O) groups excluding carboxylic acids is 1. The largest absolute Gasteiger partial charge is 0.440 e. The topological polar surface area (TPSA) is 53.9 Å². The summed E-state index contributed by atoms with van der Waals surface area (Å²) in [6, 6.07) is 7.13. The minimum absolute atomic E-state index is 0.254. The Labute approximate surface area is 145 Å². The molecule has 0 aromatic heterocycles. The molecule has 0 radical (unpaired) electrons. The van der Waals surface area contributed by atoms with E-state index in [1.165, 1.54) is 37.4 Å². The Balaban J connectivity index is 1.60. The third kappa shape index (κ3) is 4.23. The van der Waals surface area contributed by atoms with Gasteiger partial charge in [0.1, 0.15) is 10.1 Å². The van der Waals surface area contributed by atoms with Crippen LogP contribution in [-0.4, -0.2) is 39.9 Å². The number of amides is 1. The van der Waals surface area contributed by atoms with Crippen molar-refractivity contribution in [1.29, 1.82) is 0 Å². The molecule has 5 nitrogen and oxygen atoms in total. The highest BCUT2D eigenvalue weighted by Crippen LogP contribution is 2.22. The van der Waals surface area contributed by atoms with Gasteiger partial charge in [-0.25, -0.2) is 5.43 Å². The number of rotatable bonds is 2. The van der Waals surface area contributed by atoms with E-state index in [9.17, 15) is 4.79 Å². The maximum Gasteiger partial charge on any atom is 0.275 e. The molecule has 2 aliphatic heterocycles. The van der Waals surface area contributed by atoms with Crippen molar-refractivity contribution in [2.45, 2.75) is 25.7 Å². The maximum absolute atomic E-state index is 11.9. The molecule has 1 aromatic carbocycles. The van der Waals surface area contributed by atoms with Gasteiger partial charge in [0.25, 0.3) is 5.91 Å². The molecule has 0 atom stereocenters. The third-order valence-corrected chi connectivity index (χ3v) is 5.33. The molecule has 7 heteroatoms. The Hall–Kier alpha value is -1.60. The number of thiocarbonyl (C=S) groups is 1. The van der Waals surface area contributed by atoms with E-state index in [1.807, 2.05) is 6.07 Å². The second-order valence-corrected chi connectivity index (χ2v) is 7.11. The first-order chi connectivity index (χ1) is 11.2. The number of ether oxygens (including phenoxy) is 1. The van der Waals surface area contributed by atoms with E-state index >= 15 is 0 Å². The Morgan fingerprint density at radius 3 is 2.78 bits per heavy atom. The standard InChI is InChI=1S/C16H19N3O2S2/c20-15-12-7-3-4-8-13(12)21-14(17-18-15)11-23-16(22)19-9-5-1-2-6-10-19/h3-4,7-8H,1-2,5-6,9-11H2,(H,18,20). The van der Waals surface area contributed by atoms with Crippen LogP contribution >= 0.6 is 24.0 Å². The van der Waals surface area contributed by atoms with Crippen LogP contribution in [0, 0.1) is 0 Å². The van der Waals surface area contributed by atoms with Crippen LogP contribution in [0.3, 0.4) is 0 Å². The fourth-order valence-electron chi connectivity index (χ4n) is 2.60. The van der Waals surface area contributed by atoms with Crippen molar-refractivity contribution in [2.24, 2.45) is 5.10 Å². The zero-order valence-electron chi connectivity index (χ0n) is 12.8. The second-order valence-electron chi connectivity index (χ2n) is 5.50. The fraction of sp³-hybridized carbons (Fsp3) is 0.438. The van der Waals surface area contributed by atoms with Gasteiger partial charge in [-0.1, -0.05) is 49.0 Å². The molecule has 0 saturated carbocycles. The Bertz CT molecular complexity index is 626. The number of nitrogens with zero attached hydrogens (tertiary/aromatic N) is 2. The first-order valence-corrected chi connectivity index (χ1v) is 9.19. The molecule has 1 saturated heterocycles. The number of para-hydroxylation sites is 1. The van der Waals surface area contributed by atoms with Crippen LogP contribution in [0.15, 0.2) is 29.4 Å². The van der Waals surface area contributed by atoms with Gasteiger partial charge < -0.3 is 9.64 Å². The van der Waals surface area contributed by atoms with E-state index in [4.69, 9.17) is 17.0 Å². The quantitative estimate of drug-likeness (QED) is 0.832. The first-order valence-electron chi connectivity index (χ1n) is 7.79. The molecule has 0 aliphatic carbocycles. The molecule has 0 unspecified atom stereocenters. The monoisotopic (exact) mass is 349 g/mol. The van der Waals surface area contributed by atoms with Crippen LogP contribution < -0.4 is 10.2 Å². The Morgan fingerprint density at radius 1 is 1.26 bits per heavy atom. The summed E-state index contributed by atoms with van der Waals surface area (Å²) in [4.78, 5) is 14.2. The van der Waals surface area contributed by atoms with E-state index in [2.05, 4.69) is 15.4 Å². The van der Waals surface area contributed by atoms with Crippen molar-refractivity contribution in [3.8, 4) is 5.75 Å². The van der Waals surface area contributed by atoms with E-state index in [0.29, 0.717) is 23.0 Å². The fourth-order valence-corrected chi connectivity index (χ4v) is 3.69. The van der Waals surface area contributed by atoms with Gasteiger partial charge in [-0.05, 0) is 25.0 Å². The third-order valence-electron chi connectivity index (χ3n) is 3.82. The van der Waals surface area contributed by atoms with Gasteiger partial charge in [-0.3, -0.25) is 4.79 Å². The molecule has 2 heterocycles. The molecule has 2 aliphatic rings. The van der Waals surface area contributed by atoms with Crippen LogP contribution in [0.4, 0.5) is 0 Å². The first kappa shape index (κ1) is 16.3. The van der Waals surface area contributed by atoms with Gasteiger partial charge in [0.15, 0.2) is 0 Å². The van der Waals surface area contributed by atoms with Crippen molar-refractivity contribution in [2.75, 3.05) is 18.8 Å². The van der Waals surface area contributed by atoms with Crippen molar-refractivity contribution < 1.29 is 9.53 Å². The molecule has 1 fully saturated rings. The van der Waals surface area contributed by atoms with Gasteiger partial charge in [0, 0.05) is 13.1 Å². The molecule has 1 N–H and O–H groups in total. The van der Waals surface area contributed by atoms with E-state index < -0.39 is 0 Å². The molecule has 122 valence electrons. The summed E-state index contributed by atoms with van der Waals surface area (Å²) in [6.45, 7) is 2.05. The smallest absolute Gasteiger partial charge is 0.275 e. The van der Waals surface area contributed by atoms with Crippen LogP contribution in [0.2, 0.25) is 0 Å². The summed E-state index contributed by atoms with van der Waals surface area (Å²) in [5.74, 6) is 1.24. The second kappa shape index (κ2) is 7.79. The number of fused-ring (bicyclic) bond motifs is 1. The molecule has 1 amide bonds. The highest BCUT2D eigenvalue weighted by atomic mass is 32.2. The lowest BCUT2D eigenvalue weighted by Crippen LogP contribution is -2.29. The lowest BCUT2D eigenvalue weighted by atomic mass is 10.2. The molecular weight excluding hydrogens is 330 g/mol. The molecule has 0 spiro atoms. The molecule has 1 aromatic rings. The van der Waals surface area contributed by atoms with Gasteiger partial charge >= 0.3 is 0 Å². The summed E-state index contributed by atoms with van der Waals surface area (Å²) in [7, 11) is 0. The lowest BCUT2D eigenvalue weighted by Gasteiger charge is -2.22. The van der Waals surface area contributed by atoms with Gasteiger partial charge in [-0.2, -0.15) is 0 Å². The molecular formula is C16H19N3O2S2. The van der Waals surface area contributed by atoms with Crippen LogP contribution in [-0.2, 0) is 0 Å². The predicted molar refractivity (Wildman–Crippen MR) is 97.1 cm³/mol. The number of benzene rings is 1. The van der Waals surface area contributed by atoms with Gasteiger partial charge in [0.05, 0.1) is 11.3 Å². The molecule has 3 rings (SSSR count). The van der Waals surface area contributed by atoms with E-state index in [-0.39, 0.29) is 5.91 Å². The highest BCUT2D eigenvalue weighted by Gasteiger charge is 2.19. The number of hydrogen-bond donors (Lipinski definition) is 1. The number of likely N-dealkylation sites (tertiary alicyclic amines) is 1. The zero-order valence-corrected chi connectivity index (χ0v) is 14.4. The normalized spacial score (nSPS) is 18.0. The van der Waals surface area contributed by atoms with Crippen LogP contribution in [0.1, 0.15) is 36.0 Å². The van der Waals surface area contributed by atoms with Crippen molar-refractivity contribution in [3.05, 3.63) is 29.8 Å². The number of nitrogens with one attached hydrogen (secondary N) is 1. The number of hydrogen-bond acceptors (Lipinski definition) is 5. The minimum atomic E-state index is -0.254. The van der Waals surface area contributed by atoms with E-state index in [0.717, 1.165) is 17.4 Å². The van der Waals surface area contributed by atoms with Gasteiger partial charge in [-0.15, -0.1) is 5.10 Å². The average Bonchev–Trinajstić information content (AvgIpc) is 2.93. The van der Waals surface area contributed by atoms with E-state index in [1.54, 1.807) is 18.2 Å². The summed E-state index contributed by atoms with van der Waals surface area (Å²) >= 11 is 7.06. The number of carbonyl (C=O) groups is 1. The summed E-state index contributed by atoms with van der Waals surface area (Å²) in [5.41, 5.74) is 3.01. The van der Waals surface area contributed by atoms with Crippen molar-refractivity contribution in [3.63, 3.8) is 0 Å². The Kier molecular flexibility index (Phi) is 5.51. The SMILES string of the molecule is O=C1NN=C(CSC(=S)N2CCCCCC2)Oc2ccccc21. The number of thioether (sulfide) groups is 1. The van der Waals surface area contributed by atoms with Gasteiger partial charge in [0.2, 0.25) is 5.90 Å². The Morgan fingerprint density at radius 2 is 2.00 bits per heavy atom. The predicted octanol–water partition coefficient (Wildman–Crippen LogP) is 3.02. The lowest BCUT2D eigenvalue weighted by molar-refractivity contribution is 0.0955. The highest BCUT2D eigenvalue weighted by molar-refractivity contribution is 8.23. The van der Waals surface area contributed by atoms with Crippen molar-refractivity contribution in [1.82, 2.24) is 10.3 Å². The van der Waals surface area contributed by atoms with Crippen LogP contribution in [0.25, 0.3) is 0 Å². The minimum Gasteiger partial charge on any atom is -0.440 e. The molecule has 23 heavy (non-hydrogen) atoms.